The molecular formula is C21H23N3OS. The molecule has 0 aliphatic rings. The first-order valence-corrected chi connectivity index (χ1v) is 9.48. The van der Waals surface area contributed by atoms with E-state index in [1.807, 2.05) is 36.7 Å². The lowest BCUT2D eigenvalue weighted by molar-refractivity contribution is 0.0827. The summed E-state index contributed by atoms with van der Waals surface area (Å²) in [7, 11) is 3.53. The van der Waals surface area contributed by atoms with Crippen molar-refractivity contribution in [1.82, 2.24) is 14.5 Å². The third-order valence-corrected chi connectivity index (χ3v) is 5.39. The van der Waals surface area contributed by atoms with Gasteiger partial charge in [-0.3, -0.25) is 9.36 Å². The number of carbonyl (C=O) groups excluding carboxylic acids is 1. The highest BCUT2D eigenvalue weighted by Crippen LogP contribution is 2.25. The summed E-state index contributed by atoms with van der Waals surface area (Å²) in [5.74, 6) is 0.827. The molecule has 0 aliphatic carbocycles. The fourth-order valence-corrected chi connectivity index (χ4v) is 3.55. The number of hydrogen-bond donors (Lipinski definition) is 0. The van der Waals surface area contributed by atoms with Crippen molar-refractivity contribution in [2.45, 2.75) is 24.8 Å². The predicted octanol–water partition coefficient (Wildman–Crippen LogP) is 4.48. The van der Waals surface area contributed by atoms with Crippen molar-refractivity contribution in [3.63, 3.8) is 0 Å². The van der Waals surface area contributed by atoms with E-state index in [0.29, 0.717) is 5.56 Å². The number of hydrogen-bond acceptors (Lipinski definition) is 3. The predicted molar refractivity (Wildman–Crippen MR) is 107 cm³/mol. The zero-order chi connectivity index (χ0) is 18.7. The van der Waals surface area contributed by atoms with Crippen molar-refractivity contribution in [2.75, 3.05) is 14.1 Å². The maximum Gasteiger partial charge on any atom is 0.253 e. The lowest BCUT2D eigenvalue weighted by atomic mass is 10.1. The average Bonchev–Trinajstić information content (AvgIpc) is 3.10. The number of nitrogens with zero attached hydrogens (tertiary/aromatic N) is 3. The van der Waals surface area contributed by atoms with Gasteiger partial charge in [0.1, 0.15) is 0 Å². The van der Waals surface area contributed by atoms with Gasteiger partial charge in [-0.2, -0.15) is 0 Å². The van der Waals surface area contributed by atoms with Crippen molar-refractivity contribution in [1.29, 1.82) is 0 Å². The number of amides is 1. The maximum atomic E-state index is 12.0. The molecule has 3 aromatic rings. The van der Waals surface area contributed by atoms with Gasteiger partial charge in [0, 0.05) is 43.5 Å². The first kappa shape index (κ1) is 18.3. The summed E-state index contributed by atoms with van der Waals surface area (Å²) < 4.78 is 2.11. The van der Waals surface area contributed by atoms with Crippen LogP contribution in [0.25, 0.3) is 5.69 Å². The van der Waals surface area contributed by atoms with E-state index in [1.54, 1.807) is 30.8 Å². The Morgan fingerprint density at radius 1 is 1.08 bits per heavy atom. The molecule has 0 bridgehead atoms. The Kier molecular flexibility index (Phi) is 5.47. The molecule has 4 nitrogen and oxygen atoms in total. The van der Waals surface area contributed by atoms with Crippen molar-refractivity contribution < 1.29 is 4.79 Å². The van der Waals surface area contributed by atoms with Crippen LogP contribution < -0.4 is 0 Å². The zero-order valence-corrected chi connectivity index (χ0v) is 16.4. The Balaban J connectivity index is 1.72. The molecule has 1 heterocycles. The molecule has 0 saturated heterocycles. The molecule has 0 aliphatic heterocycles. The fraction of sp³-hybridized carbons (Fsp3) is 0.238. The Hall–Kier alpha value is -2.53. The van der Waals surface area contributed by atoms with Crippen LogP contribution in [0.15, 0.2) is 60.0 Å². The molecule has 2 aromatic carbocycles. The molecule has 3 rings (SSSR count). The molecule has 0 saturated carbocycles. The minimum atomic E-state index is 0.0227. The normalized spacial score (nSPS) is 10.8. The van der Waals surface area contributed by atoms with Crippen molar-refractivity contribution in [3.8, 4) is 5.69 Å². The van der Waals surface area contributed by atoms with Gasteiger partial charge in [-0.15, -0.1) is 0 Å². The largest absolute Gasteiger partial charge is 0.345 e. The minimum Gasteiger partial charge on any atom is -0.345 e. The van der Waals surface area contributed by atoms with Gasteiger partial charge in [-0.1, -0.05) is 30.0 Å². The Bertz CT molecular complexity index is 913. The smallest absolute Gasteiger partial charge is 0.253 e. The number of benzene rings is 2. The SMILES string of the molecule is Cc1ccc(-n2ccnc2SCc2ccc(C(=O)N(C)C)cc2)cc1C. The number of thioether (sulfide) groups is 1. The molecular weight excluding hydrogens is 342 g/mol. The van der Waals surface area contributed by atoms with Crippen molar-refractivity contribution in [2.24, 2.45) is 0 Å². The summed E-state index contributed by atoms with van der Waals surface area (Å²) in [6, 6.07) is 14.2. The highest BCUT2D eigenvalue weighted by atomic mass is 32.2. The van der Waals surface area contributed by atoms with Gasteiger partial charge in [0.2, 0.25) is 0 Å². The fourth-order valence-electron chi connectivity index (χ4n) is 2.62. The summed E-state index contributed by atoms with van der Waals surface area (Å²) in [5, 5.41) is 0.960. The van der Waals surface area contributed by atoms with E-state index >= 15 is 0 Å². The van der Waals surface area contributed by atoms with E-state index in [0.717, 1.165) is 16.6 Å². The Morgan fingerprint density at radius 2 is 1.81 bits per heavy atom. The van der Waals surface area contributed by atoms with Gasteiger partial charge in [0.15, 0.2) is 5.16 Å². The number of imidazole rings is 1. The van der Waals surface area contributed by atoms with E-state index in [-0.39, 0.29) is 5.91 Å². The molecule has 0 spiro atoms. The molecule has 1 amide bonds. The van der Waals surface area contributed by atoms with Crippen LogP contribution in [0.4, 0.5) is 0 Å². The zero-order valence-electron chi connectivity index (χ0n) is 15.6. The Labute approximate surface area is 158 Å². The summed E-state index contributed by atoms with van der Waals surface area (Å²) in [5.41, 5.74) is 5.56. The van der Waals surface area contributed by atoms with Gasteiger partial charge < -0.3 is 4.90 Å². The maximum absolute atomic E-state index is 12.0. The van der Waals surface area contributed by atoms with Crippen LogP contribution in [0.1, 0.15) is 27.0 Å². The molecule has 26 heavy (non-hydrogen) atoms. The van der Waals surface area contributed by atoms with Crippen LogP contribution in [-0.4, -0.2) is 34.5 Å². The van der Waals surface area contributed by atoms with Crippen LogP contribution in [0.3, 0.4) is 0 Å². The first-order valence-electron chi connectivity index (χ1n) is 8.50. The molecule has 0 unspecified atom stereocenters. The third-order valence-electron chi connectivity index (χ3n) is 4.35. The Morgan fingerprint density at radius 3 is 2.46 bits per heavy atom. The number of aromatic nitrogens is 2. The summed E-state index contributed by atoms with van der Waals surface area (Å²) >= 11 is 1.69. The van der Waals surface area contributed by atoms with E-state index < -0.39 is 0 Å². The van der Waals surface area contributed by atoms with E-state index in [1.165, 1.54) is 16.7 Å². The molecule has 134 valence electrons. The molecule has 0 radical (unpaired) electrons. The second kappa shape index (κ2) is 7.79. The first-order chi connectivity index (χ1) is 12.5. The third kappa shape index (κ3) is 3.99. The van der Waals surface area contributed by atoms with Gasteiger partial charge >= 0.3 is 0 Å². The number of carbonyl (C=O) groups is 1. The second-order valence-electron chi connectivity index (χ2n) is 6.53. The highest BCUT2D eigenvalue weighted by molar-refractivity contribution is 7.98. The van der Waals surface area contributed by atoms with Crippen LogP contribution >= 0.6 is 11.8 Å². The van der Waals surface area contributed by atoms with E-state index in [2.05, 4.69) is 41.6 Å². The molecule has 0 fully saturated rings. The van der Waals surface area contributed by atoms with Crippen LogP contribution in [0, 0.1) is 13.8 Å². The lowest BCUT2D eigenvalue weighted by Gasteiger charge is -2.11. The minimum absolute atomic E-state index is 0.0227. The van der Waals surface area contributed by atoms with Crippen LogP contribution in [0.5, 0.6) is 0 Å². The number of rotatable bonds is 5. The van der Waals surface area contributed by atoms with Gasteiger partial charge in [-0.05, 0) is 54.8 Å². The van der Waals surface area contributed by atoms with Crippen molar-refractivity contribution in [3.05, 3.63) is 77.1 Å². The molecule has 0 N–H and O–H groups in total. The van der Waals surface area contributed by atoms with Crippen LogP contribution in [0.2, 0.25) is 0 Å². The molecule has 5 heteroatoms. The van der Waals surface area contributed by atoms with Crippen LogP contribution in [-0.2, 0) is 5.75 Å². The summed E-state index contributed by atoms with van der Waals surface area (Å²) in [6.45, 7) is 4.24. The summed E-state index contributed by atoms with van der Waals surface area (Å²) in [6.07, 6.45) is 3.82. The quantitative estimate of drug-likeness (QED) is 0.626. The monoisotopic (exact) mass is 365 g/mol. The lowest BCUT2D eigenvalue weighted by Crippen LogP contribution is -2.21. The van der Waals surface area contributed by atoms with Crippen molar-refractivity contribution >= 4 is 17.7 Å². The standard InChI is InChI=1S/C21H23N3OS/c1-15-5-10-19(13-16(15)2)24-12-11-22-21(24)26-14-17-6-8-18(9-7-17)20(25)23(3)4/h5-13H,14H2,1-4H3. The van der Waals surface area contributed by atoms with Gasteiger partial charge in [0.25, 0.3) is 5.91 Å². The molecule has 0 atom stereocenters. The van der Waals surface area contributed by atoms with E-state index in [4.69, 9.17) is 0 Å². The second-order valence-corrected chi connectivity index (χ2v) is 7.48. The van der Waals surface area contributed by atoms with Gasteiger partial charge in [-0.25, -0.2) is 4.98 Å². The average molecular weight is 366 g/mol. The molecule has 1 aromatic heterocycles. The number of aryl methyl sites for hydroxylation is 2. The van der Waals surface area contributed by atoms with E-state index in [9.17, 15) is 4.79 Å². The topological polar surface area (TPSA) is 38.1 Å². The summed E-state index contributed by atoms with van der Waals surface area (Å²) in [4.78, 5) is 18.0. The van der Waals surface area contributed by atoms with Gasteiger partial charge in [0.05, 0.1) is 0 Å². The highest BCUT2D eigenvalue weighted by Gasteiger charge is 2.09.